The summed E-state index contributed by atoms with van der Waals surface area (Å²) in [7, 11) is 0. The average Bonchev–Trinajstić information content (AvgIpc) is 2.77. The van der Waals surface area contributed by atoms with Crippen LogP contribution in [0, 0.1) is 10.1 Å². The lowest BCUT2D eigenvalue weighted by Gasteiger charge is -2.40. The van der Waals surface area contributed by atoms with Gasteiger partial charge in [0.25, 0.3) is 11.6 Å². The van der Waals surface area contributed by atoms with E-state index in [0.29, 0.717) is 36.0 Å². The predicted molar refractivity (Wildman–Crippen MR) is 110 cm³/mol. The van der Waals surface area contributed by atoms with Gasteiger partial charge in [0.1, 0.15) is 0 Å². The zero-order chi connectivity index (χ0) is 22.2. The van der Waals surface area contributed by atoms with Crippen LogP contribution >= 0.6 is 0 Å². The maximum atomic E-state index is 13.2. The van der Waals surface area contributed by atoms with E-state index in [2.05, 4.69) is 0 Å². The lowest BCUT2D eigenvalue weighted by Crippen LogP contribution is -2.50. The summed E-state index contributed by atoms with van der Waals surface area (Å²) in [5.41, 5.74) is -0.399. The number of hydrogen-bond acceptors (Lipinski definition) is 4. The van der Waals surface area contributed by atoms with E-state index in [4.69, 9.17) is 0 Å². The standard InChI is InChI=1S/C22H18F3N3O3/c23-22(24,25)16-7-5-6-15(14-16)21(29)27-13-4-3-12-26(27)19-10-11-20(28(30)31)18-9-2-1-8-17(18)19/h1-2,5-11,14H,3-4,12-13H2. The molecule has 4 rings (SSSR count). The summed E-state index contributed by atoms with van der Waals surface area (Å²) in [6, 6.07) is 14.1. The molecule has 1 aliphatic rings. The van der Waals surface area contributed by atoms with Gasteiger partial charge < -0.3 is 0 Å². The number of non-ortho nitro benzene ring substituents is 1. The van der Waals surface area contributed by atoms with Gasteiger partial charge in [-0.3, -0.25) is 19.9 Å². The van der Waals surface area contributed by atoms with Crippen LogP contribution in [0.3, 0.4) is 0 Å². The minimum Gasteiger partial charge on any atom is -0.282 e. The highest BCUT2D eigenvalue weighted by atomic mass is 19.4. The number of nitrogens with zero attached hydrogens (tertiary/aromatic N) is 3. The molecule has 1 aliphatic heterocycles. The summed E-state index contributed by atoms with van der Waals surface area (Å²) >= 11 is 0. The van der Waals surface area contributed by atoms with Gasteiger partial charge in [-0.25, -0.2) is 5.01 Å². The molecular weight excluding hydrogens is 411 g/mol. The molecule has 0 bridgehead atoms. The predicted octanol–water partition coefficient (Wildman–Crippen LogP) is 5.42. The van der Waals surface area contributed by atoms with Crippen molar-refractivity contribution >= 4 is 28.1 Å². The number of amides is 1. The van der Waals surface area contributed by atoms with Crippen LogP contribution < -0.4 is 5.01 Å². The Labute approximate surface area is 175 Å². The van der Waals surface area contributed by atoms with Crippen molar-refractivity contribution in [3.63, 3.8) is 0 Å². The van der Waals surface area contributed by atoms with Crippen LogP contribution in [0.4, 0.5) is 24.5 Å². The first-order valence-electron chi connectivity index (χ1n) is 9.70. The molecule has 1 saturated heterocycles. The fourth-order valence-electron chi connectivity index (χ4n) is 3.86. The second-order valence-corrected chi connectivity index (χ2v) is 7.24. The van der Waals surface area contributed by atoms with Gasteiger partial charge in [-0.05, 0) is 43.2 Å². The molecule has 0 atom stereocenters. The van der Waals surface area contributed by atoms with Crippen molar-refractivity contribution < 1.29 is 22.9 Å². The van der Waals surface area contributed by atoms with Crippen molar-refractivity contribution in [1.82, 2.24) is 5.01 Å². The number of nitro benzene ring substituents is 1. The first-order valence-corrected chi connectivity index (χ1v) is 9.70. The molecule has 1 fully saturated rings. The largest absolute Gasteiger partial charge is 0.416 e. The Hall–Kier alpha value is -3.62. The van der Waals surface area contributed by atoms with Crippen LogP contribution in [0.2, 0.25) is 0 Å². The Morgan fingerprint density at radius 1 is 0.935 bits per heavy atom. The van der Waals surface area contributed by atoms with Gasteiger partial charge in [0.05, 0.1) is 21.6 Å². The monoisotopic (exact) mass is 429 g/mol. The number of fused-ring (bicyclic) bond motifs is 1. The maximum Gasteiger partial charge on any atom is 0.416 e. The topological polar surface area (TPSA) is 66.7 Å². The number of hydrogen-bond donors (Lipinski definition) is 0. The van der Waals surface area contributed by atoms with E-state index >= 15 is 0 Å². The SMILES string of the molecule is O=C(c1cccc(C(F)(F)F)c1)N1CCCCN1c1ccc([N+](=O)[O-])c2ccccc12. The second-order valence-electron chi connectivity index (χ2n) is 7.24. The summed E-state index contributed by atoms with van der Waals surface area (Å²) in [5.74, 6) is -0.548. The third kappa shape index (κ3) is 3.90. The molecule has 0 saturated carbocycles. The number of benzene rings is 3. The van der Waals surface area contributed by atoms with Crippen molar-refractivity contribution in [3.05, 3.63) is 81.9 Å². The third-order valence-electron chi connectivity index (χ3n) is 5.31. The molecule has 160 valence electrons. The number of alkyl halides is 3. The second kappa shape index (κ2) is 7.90. The first-order chi connectivity index (χ1) is 14.8. The zero-order valence-electron chi connectivity index (χ0n) is 16.3. The fourth-order valence-corrected chi connectivity index (χ4v) is 3.86. The molecule has 0 aromatic heterocycles. The Bertz CT molecular complexity index is 1160. The van der Waals surface area contributed by atoms with Gasteiger partial charge >= 0.3 is 6.18 Å². The van der Waals surface area contributed by atoms with Gasteiger partial charge in [0.15, 0.2) is 0 Å². The van der Waals surface area contributed by atoms with Crippen LogP contribution in [0.25, 0.3) is 10.8 Å². The van der Waals surface area contributed by atoms with Crippen molar-refractivity contribution in [2.24, 2.45) is 0 Å². The average molecular weight is 429 g/mol. The summed E-state index contributed by atoms with van der Waals surface area (Å²) in [4.78, 5) is 24.1. The van der Waals surface area contributed by atoms with E-state index in [0.717, 1.165) is 18.6 Å². The molecule has 1 amide bonds. The van der Waals surface area contributed by atoms with Crippen LogP contribution in [-0.2, 0) is 6.18 Å². The fraction of sp³-hybridized carbons (Fsp3) is 0.227. The van der Waals surface area contributed by atoms with Crippen LogP contribution in [0.15, 0.2) is 60.7 Å². The van der Waals surface area contributed by atoms with Crippen molar-refractivity contribution in [2.45, 2.75) is 19.0 Å². The van der Waals surface area contributed by atoms with Crippen LogP contribution in [-0.4, -0.2) is 28.9 Å². The number of anilines is 1. The first kappa shape index (κ1) is 20.6. The Kier molecular flexibility index (Phi) is 5.26. The summed E-state index contributed by atoms with van der Waals surface area (Å²) < 4.78 is 39.3. The van der Waals surface area contributed by atoms with E-state index in [1.165, 1.54) is 23.2 Å². The molecule has 0 aliphatic carbocycles. The molecule has 0 spiro atoms. The van der Waals surface area contributed by atoms with Gasteiger partial charge in [-0.2, -0.15) is 13.2 Å². The highest BCUT2D eigenvalue weighted by Crippen LogP contribution is 2.36. The van der Waals surface area contributed by atoms with Crippen molar-refractivity contribution in [2.75, 3.05) is 18.1 Å². The molecular formula is C22H18F3N3O3. The highest BCUT2D eigenvalue weighted by Gasteiger charge is 2.33. The molecule has 0 unspecified atom stereocenters. The highest BCUT2D eigenvalue weighted by molar-refractivity contribution is 6.02. The molecule has 31 heavy (non-hydrogen) atoms. The molecule has 0 radical (unpaired) electrons. The minimum absolute atomic E-state index is 0.0490. The van der Waals surface area contributed by atoms with E-state index in [1.54, 1.807) is 35.3 Å². The maximum absolute atomic E-state index is 13.2. The van der Waals surface area contributed by atoms with Gasteiger partial charge in [-0.1, -0.05) is 24.3 Å². The normalized spacial score (nSPS) is 14.7. The smallest absolute Gasteiger partial charge is 0.282 e. The van der Waals surface area contributed by atoms with Crippen molar-refractivity contribution in [1.29, 1.82) is 0 Å². The number of nitro groups is 1. The lowest BCUT2D eigenvalue weighted by molar-refractivity contribution is -0.383. The Morgan fingerprint density at radius 3 is 2.35 bits per heavy atom. The Balaban J connectivity index is 1.77. The lowest BCUT2D eigenvalue weighted by atomic mass is 10.1. The molecule has 1 heterocycles. The van der Waals surface area contributed by atoms with E-state index in [-0.39, 0.29) is 11.3 Å². The van der Waals surface area contributed by atoms with Crippen LogP contribution in [0.1, 0.15) is 28.8 Å². The number of halogens is 3. The van der Waals surface area contributed by atoms with Crippen LogP contribution in [0.5, 0.6) is 0 Å². The molecule has 9 heteroatoms. The number of carbonyl (C=O) groups excluding carboxylic acids is 1. The summed E-state index contributed by atoms with van der Waals surface area (Å²) in [6.07, 6.45) is -3.07. The zero-order valence-corrected chi connectivity index (χ0v) is 16.3. The molecule has 0 N–H and O–H groups in total. The quantitative estimate of drug-likeness (QED) is 0.412. The van der Waals surface area contributed by atoms with E-state index < -0.39 is 22.6 Å². The third-order valence-corrected chi connectivity index (χ3v) is 5.31. The minimum atomic E-state index is -4.55. The van der Waals surface area contributed by atoms with Crippen molar-refractivity contribution in [3.8, 4) is 0 Å². The summed E-state index contributed by atoms with van der Waals surface area (Å²) in [5, 5.41) is 15.6. The number of hydrazine groups is 1. The van der Waals surface area contributed by atoms with Gasteiger partial charge in [0, 0.05) is 30.1 Å². The molecule has 6 nitrogen and oxygen atoms in total. The molecule has 3 aromatic rings. The summed E-state index contributed by atoms with van der Waals surface area (Å²) in [6.45, 7) is 0.799. The molecule has 3 aromatic carbocycles. The van der Waals surface area contributed by atoms with Gasteiger partial charge in [0.2, 0.25) is 0 Å². The van der Waals surface area contributed by atoms with E-state index in [9.17, 15) is 28.1 Å². The number of carbonyl (C=O) groups is 1. The van der Waals surface area contributed by atoms with E-state index in [1.807, 2.05) is 0 Å². The Morgan fingerprint density at radius 2 is 1.65 bits per heavy atom. The van der Waals surface area contributed by atoms with Gasteiger partial charge in [-0.15, -0.1) is 0 Å². The number of rotatable bonds is 3.